The molecular weight excluding hydrogens is 390 g/mol. The molecule has 0 spiro atoms. The molecule has 0 atom stereocenters. The molecule has 4 rings (SSSR count). The summed E-state index contributed by atoms with van der Waals surface area (Å²) in [4.78, 5) is 6.24. The molecule has 0 bridgehead atoms. The highest BCUT2D eigenvalue weighted by atomic mass is 35.5. The van der Waals surface area contributed by atoms with E-state index < -0.39 is 0 Å². The Kier molecular flexibility index (Phi) is 6.72. The number of likely N-dealkylation sites (tertiary alicyclic amines) is 1. The van der Waals surface area contributed by atoms with Crippen LogP contribution in [0.3, 0.4) is 0 Å². The number of hydrogen-bond acceptors (Lipinski definition) is 5. The lowest BCUT2D eigenvalue weighted by Crippen LogP contribution is -2.51. The van der Waals surface area contributed by atoms with Gasteiger partial charge >= 0.3 is 0 Å². The number of hydrogen-bond donors (Lipinski definition) is 2. The molecule has 7 nitrogen and oxygen atoms in total. The molecule has 3 N–H and O–H groups in total. The lowest BCUT2D eigenvalue weighted by Gasteiger charge is -2.37. The van der Waals surface area contributed by atoms with E-state index in [0.717, 1.165) is 24.2 Å². The summed E-state index contributed by atoms with van der Waals surface area (Å²) in [6.07, 6.45) is 1.98. The molecule has 1 aliphatic heterocycles. The van der Waals surface area contributed by atoms with Crippen molar-refractivity contribution in [2.75, 3.05) is 19.7 Å². The van der Waals surface area contributed by atoms with Crippen molar-refractivity contribution in [2.45, 2.75) is 18.8 Å². The van der Waals surface area contributed by atoms with Crippen LogP contribution in [0.15, 0.2) is 59.1 Å². The first-order valence-corrected chi connectivity index (χ1v) is 9.39. The molecule has 1 fully saturated rings. The molecule has 8 heteroatoms. The van der Waals surface area contributed by atoms with Crippen molar-refractivity contribution in [3.05, 3.63) is 66.1 Å². The Balaban J connectivity index is 0.00000240. The molecule has 3 aromatic rings. The summed E-state index contributed by atoms with van der Waals surface area (Å²) < 4.78 is 11.2. The van der Waals surface area contributed by atoms with Crippen LogP contribution in [-0.4, -0.2) is 40.7 Å². The van der Waals surface area contributed by atoms with Gasteiger partial charge in [-0.25, -0.2) is 0 Å². The number of nitrogens with zero attached hydrogens (tertiary/aromatic N) is 3. The molecule has 29 heavy (non-hydrogen) atoms. The normalized spacial score (nSPS) is 13.4. The first-order chi connectivity index (χ1) is 13.7. The minimum absolute atomic E-state index is 0. The van der Waals surface area contributed by atoms with Gasteiger partial charge in [0, 0.05) is 18.7 Å². The van der Waals surface area contributed by atoms with Crippen molar-refractivity contribution in [2.24, 2.45) is 5.73 Å². The standard InChI is InChI=1S/C21H23N5O2.ClH/c22-21(23)26-13-17(14-26)20-24-19(25-28-20)16-8-10-18(11-9-16)27-12-4-7-15-5-2-1-3-6-15;/h1-3,5-6,8-11,17H,4,7,12-14H2,(H3,22,23);1H. The Hall–Kier alpha value is -3.06. The third-order valence-electron chi connectivity index (χ3n) is 4.85. The van der Waals surface area contributed by atoms with Crippen molar-refractivity contribution in [3.8, 4) is 17.1 Å². The van der Waals surface area contributed by atoms with E-state index in [2.05, 4.69) is 34.4 Å². The zero-order valence-electron chi connectivity index (χ0n) is 16.0. The Morgan fingerprint density at radius 3 is 2.55 bits per heavy atom. The summed E-state index contributed by atoms with van der Waals surface area (Å²) in [7, 11) is 0. The van der Waals surface area contributed by atoms with E-state index in [1.54, 1.807) is 4.90 Å². The van der Waals surface area contributed by atoms with Crippen molar-refractivity contribution < 1.29 is 9.26 Å². The third-order valence-corrected chi connectivity index (χ3v) is 4.85. The largest absolute Gasteiger partial charge is 0.494 e. The average Bonchev–Trinajstić information content (AvgIpc) is 3.15. The van der Waals surface area contributed by atoms with Crippen LogP contribution in [-0.2, 0) is 6.42 Å². The van der Waals surface area contributed by atoms with Crippen LogP contribution in [0.4, 0.5) is 0 Å². The van der Waals surface area contributed by atoms with E-state index in [-0.39, 0.29) is 24.3 Å². The van der Waals surface area contributed by atoms with E-state index in [4.69, 9.17) is 20.4 Å². The summed E-state index contributed by atoms with van der Waals surface area (Å²) >= 11 is 0. The first-order valence-electron chi connectivity index (χ1n) is 9.39. The molecule has 0 unspecified atom stereocenters. The highest BCUT2D eigenvalue weighted by Crippen LogP contribution is 2.27. The number of nitrogens with one attached hydrogen (secondary N) is 1. The van der Waals surface area contributed by atoms with Gasteiger partial charge in [-0.15, -0.1) is 12.4 Å². The second kappa shape index (κ2) is 9.43. The highest BCUT2D eigenvalue weighted by Gasteiger charge is 2.33. The molecule has 152 valence electrons. The van der Waals surface area contributed by atoms with Crippen LogP contribution in [0.1, 0.15) is 23.8 Å². The number of nitrogens with two attached hydrogens (primary N) is 1. The van der Waals surface area contributed by atoms with Crippen LogP contribution in [0.5, 0.6) is 5.75 Å². The summed E-state index contributed by atoms with van der Waals surface area (Å²) in [5.41, 5.74) is 7.66. The number of halogens is 1. The maximum Gasteiger partial charge on any atom is 0.233 e. The number of guanidine groups is 1. The predicted octanol–water partition coefficient (Wildman–Crippen LogP) is 3.46. The Bertz CT molecular complexity index is 924. The van der Waals surface area contributed by atoms with Gasteiger partial charge in [-0.05, 0) is 42.7 Å². The minimum Gasteiger partial charge on any atom is -0.494 e. The zero-order chi connectivity index (χ0) is 19.3. The molecule has 2 aromatic carbocycles. The van der Waals surface area contributed by atoms with Crippen LogP contribution in [0.2, 0.25) is 0 Å². The molecule has 0 radical (unpaired) electrons. The zero-order valence-corrected chi connectivity index (χ0v) is 16.8. The van der Waals surface area contributed by atoms with Crippen LogP contribution in [0, 0.1) is 5.41 Å². The van der Waals surface area contributed by atoms with E-state index in [1.165, 1.54) is 5.56 Å². The smallest absolute Gasteiger partial charge is 0.233 e. The Morgan fingerprint density at radius 1 is 1.14 bits per heavy atom. The second-order valence-electron chi connectivity index (χ2n) is 6.91. The van der Waals surface area contributed by atoms with Crippen molar-refractivity contribution in [3.63, 3.8) is 0 Å². The summed E-state index contributed by atoms with van der Waals surface area (Å²) in [6, 6.07) is 18.1. The quantitative estimate of drug-likeness (QED) is 0.349. The molecular formula is C21H24ClN5O2. The van der Waals surface area contributed by atoms with Crippen LogP contribution >= 0.6 is 12.4 Å². The average molecular weight is 414 g/mol. The van der Waals surface area contributed by atoms with Crippen LogP contribution in [0.25, 0.3) is 11.4 Å². The first kappa shape index (κ1) is 20.7. The van der Waals surface area contributed by atoms with Crippen LogP contribution < -0.4 is 10.5 Å². The maximum atomic E-state index is 7.39. The van der Waals surface area contributed by atoms with Gasteiger partial charge in [0.2, 0.25) is 11.7 Å². The van der Waals surface area contributed by atoms with Gasteiger partial charge in [-0.3, -0.25) is 5.41 Å². The molecule has 0 amide bonds. The number of aryl methyl sites for hydroxylation is 1. The van der Waals surface area contributed by atoms with E-state index >= 15 is 0 Å². The van der Waals surface area contributed by atoms with E-state index in [1.807, 2.05) is 30.3 Å². The molecule has 2 heterocycles. The number of rotatable bonds is 7. The lowest BCUT2D eigenvalue weighted by atomic mass is 10.0. The molecule has 1 saturated heterocycles. The third kappa shape index (κ3) is 5.06. The predicted molar refractivity (Wildman–Crippen MR) is 113 cm³/mol. The number of aromatic nitrogens is 2. The van der Waals surface area contributed by atoms with Crippen molar-refractivity contribution in [1.29, 1.82) is 5.41 Å². The topological polar surface area (TPSA) is 101 Å². The monoisotopic (exact) mass is 413 g/mol. The number of benzene rings is 2. The molecule has 0 saturated carbocycles. The minimum atomic E-state index is 0. The fourth-order valence-corrected chi connectivity index (χ4v) is 3.16. The van der Waals surface area contributed by atoms with Gasteiger partial charge in [0.25, 0.3) is 0 Å². The Labute approximate surface area is 175 Å². The summed E-state index contributed by atoms with van der Waals surface area (Å²) in [5, 5.41) is 11.5. The highest BCUT2D eigenvalue weighted by molar-refractivity contribution is 5.85. The van der Waals surface area contributed by atoms with Gasteiger partial charge in [-0.2, -0.15) is 4.98 Å². The van der Waals surface area contributed by atoms with Gasteiger partial charge < -0.3 is 19.9 Å². The fraction of sp³-hybridized carbons (Fsp3) is 0.286. The summed E-state index contributed by atoms with van der Waals surface area (Å²) in [6.45, 7) is 1.97. The summed E-state index contributed by atoms with van der Waals surface area (Å²) in [5.74, 6) is 2.20. The molecule has 0 aliphatic carbocycles. The van der Waals surface area contributed by atoms with Crippen molar-refractivity contribution in [1.82, 2.24) is 15.0 Å². The van der Waals surface area contributed by atoms with Gasteiger partial charge in [0.15, 0.2) is 5.96 Å². The van der Waals surface area contributed by atoms with E-state index in [9.17, 15) is 0 Å². The lowest BCUT2D eigenvalue weighted by molar-refractivity contribution is 0.203. The van der Waals surface area contributed by atoms with Gasteiger partial charge in [0.05, 0.1) is 12.5 Å². The Morgan fingerprint density at radius 2 is 1.86 bits per heavy atom. The second-order valence-corrected chi connectivity index (χ2v) is 6.91. The number of ether oxygens (including phenoxy) is 1. The van der Waals surface area contributed by atoms with Gasteiger partial charge in [-0.1, -0.05) is 35.5 Å². The van der Waals surface area contributed by atoms with Crippen molar-refractivity contribution >= 4 is 18.4 Å². The molecule has 1 aliphatic rings. The maximum absolute atomic E-state index is 7.39. The van der Waals surface area contributed by atoms with Gasteiger partial charge in [0.1, 0.15) is 5.75 Å². The van der Waals surface area contributed by atoms with E-state index in [0.29, 0.717) is 31.4 Å². The fourth-order valence-electron chi connectivity index (χ4n) is 3.16. The SMILES string of the molecule is Cl.N=C(N)N1CC(c2nc(-c3ccc(OCCCc4ccccc4)cc3)no2)C1. The molecule has 1 aromatic heterocycles.